The molecule has 0 N–H and O–H groups in total. The summed E-state index contributed by atoms with van der Waals surface area (Å²) in [6, 6.07) is 0. The summed E-state index contributed by atoms with van der Waals surface area (Å²) in [5, 5.41) is 0. The SMILES string of the molecule is CC1C(=O)C(C(C)(C)C)=C(C(C)(C)C)CN(C)C1=O. The quantitative estimate of drug-likeness (QED) is 0.631. The Hall–Kier alpha value is -1.12. The smallest absolute Gasteiger partial charge is 0.233 e. The zero-order chi connectivity index (χ0) is 15.2. The minimum absolute atomic E-state index is 0.00762. The van der Waals surface area contributed by atoms with Crippen molar-refractivity contribution >= 4 is 11.7 Å². The molecule has 0 bridgehead atoms. The molecule has 3 heteroatoms. The van der Waals surface area contributed by atoms with Crippen LogP contribution in [0.25, 0.3) is 0 Å². The summed E-state index contributed by atoms with van der Waals surface area (Å²) in [4.78, 5) is 26.6. The van der Waals surface area contributed by atoms with Gasteiger partial charge in [-0.2, -0.15) is 0 Å². The van der Waals surface area contributed by atoms with Crippen molar-refractivity contribution in [1.29, 1.82) is 0 Å². The van der Waals surface area contributed by atoms with E-state index in [0.29, 0.717) is 6.54 Å². The Kier molecular flexibility index (Phi) is 4.00. The molecule has 0 aliphatic carbocycles. The molecule has 1 atom stereocenters. The average Bonchev–Trinajstić information content (AvgIpc) is 2.29. The molecule has 0 aromatic rings. The van der Waals surface area contributed by atoms with E-state index in [9.17, 15) is 9.59 Å². The first-order valence-electron chi connectivity index (χ1n) is 6.90. The van der Waals surface area contributed by atoms with Gasteiger partial charge in [0.2, 0.25) is 5.91 Å². The van der Waals surface area contributed by atoms with Gasteiger partial charge in [-0.1, -0.05) is 41.5 Å². The van der Waals surface area contributed by atoms with E-state index in [2.05, 4.69) is 41.5 Å². The normalized spacial score (nSPS) is 22.9. The molecule has 0 spiro atoms. The third-order valence-electron chi connectivity index (χ3n) is 3.74. The highest BCUT2D eigenvalue weighted by atomic mass is 16.2. The Balaban J connectivity index is 3.56. The van der Waals surface area contributed by atoms with Gasteiger partial charge < -0.3 is 4.90 Å². The maximum absolute atomic E-state index is 12.7. The summed E-state index contributed by atoms with van der Waals surface area (Å²) in [7, 11) is 1.78. The van der Waals surface area contributed by atoms with Crippen molar-refractivity contribution in [2.75, 3.05) is 13.6 Å². The molecule has 0 saturated heterocycles. The van der Waals surface area contributed by atoms with Crippen molar-refractivity contribution in [3.8, 4) is 0 Å². The maximum Gasteiger partial charge on any atom is 0.233 e. The number of nitrogens with zero attached hydrogens (tertiary/aromatic N) is 1. The minimum atomic E-state index is -0.570. The van der Waals surface area contributed by atoms with Gasteiger partial charge in [0.1, 0.15) is 0 Å². The highest BCUT2D eigenvalue weighted by Crippen LogP contribution is 2.40. The van der Waals surface area contributed by atoms with E-state index in [-0.39, 0.29) is 22.5 Å². The maximum atomic E-state index is 12.7. The topological polar surface area (TPSA) is 37.4 Å². The number of hydrogen-bond acceptors (Lipinski definition) is 2. The summed E-state index contributed by atoms with van der Waals surface area (Å²) in [5.74, 6) is -0.656. The molecule has 1 rings (SSSR count). The average molecular weight is 265 g/mol. The zero-order valence-corrected chi connectivity index (χ0v) is 13.5. The monoisotopic (exact) mass is 265 g/mol. The first-order valence-corrected chi connectivity index (χ1v) is 6.90. The predicted octanol–water partition coefficient (Wildman–Crippen LogP) is 3.05. The van der Waals surface area contributed by atoms with Crippen LogP contribution in [0.5, 0.6) is 0 Å². The van der Waals surface area contributed by atoms with Gasteiger partial charge in [-0.15, -0.1) is 0 Å². The van der Waals surface area contributed by atoms with Crippen LogP contribution in [0.4, 0.5) is 0 Å². The van der Waals surface area contributed by atoms with E-state index in [0.717, 1.165) is 11.1 Å². The van der Waals surface area contributed by atoms with Crippen LogP contribution < -0.4 is 0 Å². The van der Waals surface area contributed by atoms with Gasteiger partial charge >= 0.3 is 0 Å². The van der Waals surface area contributed by atoms with Crippen molar-refractivity contribution in [3.05, 3.63) is 11.1 Å². The minimum Gasteiger partial charge on any atom is -0.341 e. The third kappa shape index (κ3) is 3.07. The molecule has 19 heavy (non-hydrogen) atoms. The Morgan fingerprint density at radius 3 is 1.84 bits per heavy atom. The van der Waals surface area contributed by atoms with Gasteiger partial charge in [0.05, 0.1) is 5.92 Å². The number of hydrogen-bond donors (Lipinski definition) is 0. The molecule has 0 radical (unpaired) electrons. The van der Waals surface area contributed by atoms with Crippen LogP contribution in [0.15, 0.2) is 11.1 Å². The van der Waals surface area contributed by atoms with E-state index >= 15 is 0 Å². The van der Waals surface area contributed by atoms with Gasteiger partial charge in [-0.3, -0.25) is 9.59 Å². The summed E-state index contributed by atoms with van der Waals surface area (Å²) >= 11 is 0. The van der Waals surface area contributed by atoms with Crippen LogP contribution >= 0.6 is 0 Å². The number of rotatable bonds is 0. The van der Waals surface area contributed by atoms with E-state index in [1.54, 1.807) is 18.9 Å². The second kappa shape index (κ2) is 4.77. The largest absolute Gasteiger partial charge is 0.341 e. The van der Waals surface area contributed by atoms with E-state index < -0.39 is 5.92 Å². The second-order valence-electron chi connectivity index (χ2n) is 7.63. The Morgan fingerprint density at radius 1 is 1.00 bits per heavy atom. The third-order valence-corrected chi connectivity index (χ3v) is 3.74. The van der Waals surface area contributed by atoms with E-state index in [4.69, 9.17) is 0 Å². The molecule has 0 saturated carbocycles. The first-order chi connectivity index (χ1) is 8.37. The number of Topliss-reactive ketones (excluding diaryl/α,β-unsaturated/α-hetero) is 1. The second-order valence-corrected chi connectivity index (χ2v) is 7.63. The van der Waals surface area contributed by atoms with Crippen molar-refractivity contribution in [2.45, 2.75) is 48.5 Å². The van der Waals surface area contributed by atoms with Crippen molar-refractivity contribution in [2.24, 2.45) is 16.7 Å². The fraction of sp³-hybridized carbons (Fsp3) is 0.750. The highest BCUT2D eigenvalue weighted by Gasteiger charge is 2.40. The van der Waals surface area contributed by atoms with Crippen LogP contribution in [0, 0.1) is 16.7 Å². The molecular formula is C16H27NO2. The molecule has 0 fully saturated rings. The standard InChI is InChI=1S/C16H27NO2/c1-10-13(18)12(16(5,6)7)11(15(2,3)4)9-17(8)14(10)19/h10H,9H2,1-8H3. The van der Waals surface area contributed by atoms with Crippen LogP contribution in [0.2, 0.25) is 0 Å². The number of allylic oxidation sites excluding steroid dienone is 1. The van der Waals surface area contributed by atoms with Gasteiger partial charge in [0.15, 0.2) is 5.78 Å². The van der Waals surface area contributed by atoms with Crippen molar-refractivity contribution in [1.82, 2.24) is 4.90 Å². The van der Waals surface area contributed by atoms with Gasteiger partial charge in [-0.25, -0.2) is 0 Å². The summed E-state index contributed by atoms with van der Waals surface area (Å²) in [6.45, 7) is 14.7. The number of amides is 1. The number of carbonyl (C=O) groups excluding carboxylic acids is 2. The zero-order valence-electron chi connectivity index (χ0n) is 13.5. The molecule has 1 aliphatic heterocycles. The Morgan fingerprint density at radius 2 is 1.47 bits per heavy atom. The van der Waals surface area contributed by atoms with Crippen molar-refractivity contribution in [3.63, 3.8) is 0 Å². The van der Waals surface area contributed by atoms with Crippen LogP contribution in [-0.2, 0) is 9.59 Å². The van der Waals surface area contributed by atoms with Gasteiger partial charge in [-0.05, 0) is 23.3 Å². The van der Waals surface area contributed by atoms with Gasteiger partial charge in [0, 0.05) is 19.2 Å². The molecular weight excluding hydrogens is 238 g/mol. The predicted molar refractivity (Wildman–Crippen MR) is 77.7 cm³/mol. The summed E-state index contributed by atoms with van der Waals surface area (Å²) in [5.41, 5.74) is 1.58. The number of ketones is 1. The lowest BCUT2D eigenvalue weighted by Gasteiger charge is -2.32. The lowest BCUT2D eigenvalue weighted by molar-refractivity contribution is -0.137. The molecule has 3 nitrogen and oxygen atoms in total. The highest BCUT2D eigenvalue weighted by molar-refractivity contribution is 6.11. The molecule has 108 valence electrons. The molecule has 1 heterocycles. The number of carbonyl (C=O) groups is 2. The molecule has 0 aromatic carbocycles. The van der Waals surface area contributed by atoms with E-state index in [1.807, 2.05) is 0 Å². The summed E-state index contributed by atoms with van der Waals surface area (Å²) in [6.07, 6.45) is 0. The molecule has 0 aromatic heterocycles. The Labute approximate surface area is 117 Å². The molecule has 1 unspecified atom stereocenters. The fourth-order valence-corrected chi connectivity index (χ4v) is 2.64. The van der Waals surface area contributed by atoms with Crippen LogP contribution in [0.1, 0.15) is 48.5 Å². The fourth-order valence-electron chi connectivity index (χ4n) is 2.64. The van der Waals surface area contributed by atoms with Crippen LogP contribution in [-0.4, -0.2) is 30.2 Å². The number of likely N-dealkylation sites (N-methyl/N-ethyl adjacent to an activating group) is 1. The lowest BCUT2D eigenvalue weighted by Crippen LogP contribution is -2.34. The summed E-state index contributed by atoms with van der Waals surface area (Å²) < 4.78 is 0. The Bertz CT molecular complexity index is 433. The van der Waals surface area contributed by atoms with E-state index in [1.165, 1.54) is 0 Å². The molecule has 1 amide bonds. The van der Waals surface area contributed by atoms with Crippen molar-refractivity contribution < 1.29 is 9.59 Å². The van der Waals surface area contributed by atoms with Gasteiger partial charge in [0.25, 0.3) is 0 Å². The molecule has 1 aliphatic rings. The first kappa shape index (κ1) is 15.9. The van der Waals surface area contributed by atoms with Crippen LogP contribution in [0.3, 0.4) is 0 Å². The lowest BCUT2D eigenvalue weighted by atomic mass is 9.72.